The molecule has 1 saturated carbocycles. The maximum atomic E-state index is 12.9. The van der Waals surface area contributed by atoms with Crippen LogP contribution >= 0.6 is 0 Å². The van der Waals surface area contributed by atoms with Crippen LogP contribution in [0.1, 0.15) is 31.2 Å². The second-order valence-corrected chi connectivity index (χ2v) is 8.03. The van der Waals surface area contributed by atoms with Crippen molar-refractivity contribution in [2.75, 3.05) is 12.4 Å². The highest BCUT2D eigenvalue weighted by molar-refractivity contribution is 5.98. The van der Waals surface area contributed by atoms with E-state index in [1.165, 1.54) is 12.8 Å². The van der Waals surface area contributed by atoms with Crippen molar-refractivity contribution in [3.63, 3.8) is 0 Å². The molecular formula is C25H27N3O3. The molecule has 6 nitrogen and oxygen atoms in total. The van der Waals surface area contributed by atoms with Gasteiger partial charge in [0, 0.05) is 6.07 Å². The zero-order valence-corrected chi connectivity index (χ0v) is 17.6. The van der Waals surface area contributed by atoms with E-state index in [-0.39, 0.29) is 18.2 Å². The van der Waals surface area contributed by atoms with E-state index in [0.717, 1.165) is 22.8 Å². The largest absolute Gasteiger partial charge is 0.481 e. The van der Waals surface area contributed by atoms with Gasteiger partial charge in [-0.25, -0.2) is 4.98 Å². The van der Waals surface area contributed by atoms with Crippen LogP contribution in [0, 0.1) is 5.92 Å². The molecule has 2 aromatic carbocycles. The summed E-state index contributed by atoms with van der Waals surface area (Å²) >= 11 is 0. The molecule has 2 N–H and O–H groups in total. The standard InChI is InChI=1S/C25H27N3O3/c1-31-24-14-12-20(16-26-24)27-25(30)22(13-11-17-9-10-17)28-23(29)15-19-7-4-6-18-5-2-3-8-21(18)19/h2-8,12,14,16-17,22H,9-11,13,15H2,1H3,(H,27,30)(H,28,29). The van der Waals surface area contributed by atoms with Crippen molar-refractivity contribution >= 4 is 28.3 Å². The number of hydrogen-bond donors (Lipinski definition) is 2. The van der Waals surface area contributed by atoms with Gasteiger partial charge in [-0.1, -0.05) is 55.3 Å². The maximum absolute atomic E-state index is 12.9. The summed E-state index contributed by atoms with van der Waals surface area (Å²) in [7, 11) is 1.54. The molecule has 1 unspecified atom stereocenters. The SMILES string of the molecule is COc1ccc(NC(=O)C(CCC2CC2)NC(=O)Cc2cccc3ccccc23)cn1. The molecule has 1 atom stereocenters. The molecule has 0 radical (unpaired) electrons. The predicted octanol–water partition coefficient (Wildman–Crippen LogP) is 4.10. The first kappa shape index (κ1) is 20.8. The van der Waals surface area contributed by atoms with Gasteiger partial charge in [-0.15, -0.1) is 0 Å². The van der Waals surface area contributed by atoms with E-state index in [0.29, 0.717) is 23.9 Å². The first-order chi connectivity index (χ1) is 15.1. The van der Waals surface area contributed by atoms with E-state index in [4.69, 9.17) is 4.74 Å². The number of ether oxygens (including phenoxy) is 1. The van der Waals surface area contributed by atoms with Gasteiger partial charge < -0.3 is 15.4 Å². The van der Waals surface area contributed by atoms with E-state index >= 15 is 0 Å². The Bertz CT molecular complexity index is 1060. The Morgan fingerprint density at radius 1 is 1.10 bits per heavy atom. The second-order valence-electron chi connectivity index (χ2n) is 8.03. The van der Waals surface area contributed by atoms with Gasteiger partial charge in [0.25, 0.3) is 0 Å². The molecule has 1 fully saturated rings. The average Bonchev–Trinajstić information content (AvgIpc) is 3.62. The lowest BCUT2D eigenvalue weighted by Crippen LogP contribution is -2.44. The van der Waals surface area contributed by atoms with Crippen LogP contribution in [0.15, 0.2) is 60.8 Å². The Kier molecular flexibility index (Phi) is 6.46. The molecule has 0 spiro atoms. The van der Waals surface area contributed by atoms with Crippen LogP contribution < -0.4 is 15.4 Å². The second kappa shape index (κ2) is 9.60. The number of hydrogen-bond acceptors (Lipinski definition) is 4. The van der Waals surface area contributed by atoms with Gasteiger partial charge in [-0.3, -0.25) is 9.59 Å². The Balaban J connectivity index is 1.43. The van der Waals surface area contributed by atoms with Gasteiger partial charge in [0.1, 0.15) is 6.04 Å². The molecule has 0 bridgehead atoms. The molecule has 1 heterocycles. The molecule has 1 aromatic heterocycles. The van der Waals surface area contributed by atoms with Gasteiger partial charge in [0.2, 0.25) is 17.7 Å². The third kappa shape index (κ3) is 5.60. The lowest BCUT2D eigenvalue weighted by atomic mass is 10.0. The number of carbonyl (C=O) groups is 2. The van der Waals surface area contributed by atoms with Crippen LogP contribution in [0.3, 0.4) is 0 Å². The number of fused-ring (bicyclic) bond motifs is 1. The van der Waals surface area contributed by atoms with Crippen molar-refractivity contribution in [2.45, 2.75) is 38.1 Å². The van der Waals surface area contributed by atoms with E-state index in [9.17, 15) is 9.59 Å². The summed E-state index contributed by atoms with van der Waals surface area (Å²) in [5.41, 5.74) is 1.53. The average molecular weight is 418 g/mol. The third-order valence-electron chi connectivity index (χ3n) is 5.66. The number of rotatable bonds is 9. The minimum Gasteiger partial charge on any atom is -0.481 e. The van der Waals surface area contributed by atoms with Gasteiger partial charge in [-0.2, -0.15) is 0 Å². The maximum Gasteiger partial charge on any atom is 0.246 e. The zero-order valence-electron chi connectivity index (χ0n) is 17.6. The van der Waals surface area contributed by atoms with Gasteiger partial charge in [0.15, 0.2) is 0 Å². The van der Waals surface area contributed by atoms with Crippen LogP contribution in [0.2, 0.25) is 0 Å². The Hall–Kier alpha value is -3.41. The van der Waals surface area contributed by atoms with E-state index in [1.807, 2.05) is 42.5 Å². The summed E-state index contributed by atoms with van der Waals surface area (Å²) in [5.74, 6) is 0.777. The normalized spacial score (nSPS) is 14.1. The Morgan fingerprint density at radius 3 is 2.65 bits per heavy atom. The summed E-state index contributed by atoms with van der Waals surface area (Å²) in [6, 6.07) is 16.8. The van der Waals surface area contributed by atoms with Crippen molar-refractivity contribution in [3.05, 3.63) is 66.4 Å². The molecule has 0 saturated heterocycles. The van der Waals surface area contributed by atoms with Crippen molar-refractivity contribution in [2.24, 2.45) is 5.92 Å². The van der Waals surface area contributed by atoms with Crippen LogP contribution in [0.4, 0.5) is 5.69 Å². The third-order valence-corrected chi connectivity index (χ3v) is 5.66. The van der Waals surface area contributed by atoms with Gasteiger partial charge >= 0.3 is 0 Å². The highest BCUT2D eigenvalue weighted by atomic mass is 16.5. The zero-order chi connectivity index (χ0) is 21.6. The molecule has 4 rings (SSSR count). The number of amides is 2. The minimum atomic E-state index is -0.579. The first-order valence-corrected chi connectivity index (χ1v) is 10.7. The smallest absolute Gasteiger partial charge is 0.246 e. The highest BCUT2D eigenvalue weighted by Crippen LogP contribution is 2.34. The van der Waals surface area contributed by atoms with E-state index < -0.39 is 6.04 Å². The Labute approximate surface area is 182 Å². The predicted molar refractivity (Wildman–Crippen MR) is 121 cm³/mol. The number of anilines is 1. The number of nitrogens with zero attached hydrogens (tertiary/aromatic N) is 1. The summed E-state index contributed by atoms with van der Waals surface area (Å²) in [6.07, 6.45) is 5.77. The lowest BCUT2D eigenvalue weighted by molar-refractivity contribution is -0.126. The topological polar surface area (TPSA) is 80.3 Å². The monoisotopic (exact) mass is 417 g/mol. The quantitative estimate of drug-likeness (QED) is 0.549. The number of aromatic nitrogens is 1. The molecule has 0 aliphatic heterocycles. The summed E-state index contributed by atoms with van der Waals surface area (Å²) in [5, 5.41) is 7.98. The minimum absolute atomic E-state index is 0.153. The fourth-order valence-corrected chi connectivity index (χ4v) is 3.75. The highest BCUT2D eigenvalue weighted by Gasteiger charge is 2.27. The van der Waals surface area contributed by atoms with Crippen molar-refractivity contribution in [3.8, 4) is 5.88 Å². The van der Waals surface area contributed by atoms with Crippen LogP contribution in [-0.4, -0.2) is 29.9 Å². The number of nitrogens with one attached hydrogen (secondary N) is 2. The lowest BCUT2D eigenvalue weighted by Gasteiger charge is -2.19. The van der Waals surface area contributed by atoms with Crippen LogP contribution in [0.25, 0.3) is 10.8 Å². The summed E-state index contributed by atoms with van der Waals surface area (Å²) in [6.45, 7) is 0. The molecular weight excluding hydrogens is 390 g/mol. The molecule has 2 amide bonds. The van der Waals surface area contributed by atoms with Gasteiger partial charge in [0.05, 0.1) is 25.4 Å². The van der Waals surface area contributed by atoms with Crippen LogP contribution in [-0.2, 0) is 16.0 Å². The van der Waals surface area contributed by atoms with Gasteiger partial charge in [-0.05, 0) is 41.2 Å². The number of benzene rings is 2. The van der Waals surface area contributed by atoms with Crippen molar-refractivity contribution in [1.29, 1.82) is 0 Å². The van der Waals surface area contributed by atoms with Crippen molar-refractivity contribution in [1.82, 2.24) is 10.3 Å². The van der Waals surface area contributed by atoms with Crippen LogP contribution in [0.5, 0.6) is 5.88 Å². The number of pyridine rings is 1. The molecule has 1 aliphatic carbocycles. The number of carbonyl (C=O) groups excluding carboxylic acids is 2. The van der Waals surface area contributed by atoms with E-state index in [1.54, 1.807) is 25.4 Å². The Morgan fingerprint density at radius 2 is 1.90 bits per heavy atom. The first-order valence-electron chi connectivity index (χ1n) is 10.7. The number of methoxy groups -OCH3 is 1. The molecule has 6 heteroatoms. The summed E-state index contributed by atoms with van der Waals surface area (Å²) < 4.78 is 5.05. The molecule has 160 valence electrons. The molecule has 1 aliphatic rings. The summed E-state index contributed by atoms with van der Waals surface area (Å²) in [4.78, 5) is 29.9. The fourth-order valence-electron chi connectivity index (χ4n) is 3.75. The molecule has 31 heavy (non-hydrogen) atoms. The van der Waals surface area contributed by atoms with Crippen molar-refractivity contribution < 1.29 is 14.3 Å². The molecule has 3 aromatic rings. The fraction of sp³-hybridized carbons (Fsp3) is 0.320. The van der Waals surface area contributed by atoms with E-state index in [2.05, 4.69) is 15.6 Å².